The highest BCUT2D eigenvalue weighted by molar-refractivity contribution is 7.21. The standard InChI is InChI=1S/C24H30N6OS/c1-13-21(23-29-19-11-25-18(16-5-6-16)9-20(19)32-23)22(28-17-7-4-15(8-17)12-31)30-24(27-13)26-10-14-2-3-14/h9,11,14-17,31H,2-8,10,12H2,1H3,(H2,26,27,28,30)/t15-,17+/m1/s1. The lowest BCUT2D eigenvalue weighted by Gasteiger charge is -2.18. The monoisotopic (exact) mass is 450 g/mol. The molecule has 3 aromatic heterocycles. The first-order valence-electron chi connectivity index (χ1n) is 11.9. The third-order valence-corrected chi connectivity index (χ3v) is 8.02. The van der Waals surface area contributed by atoms with Crippen LogP contribution in [0.25, 0.3) is 20.8 Å². The van der Waals surface area contributed by atoms with Crippen molar-refractivity contribution in [2.45, 2.75) is 63.8 Å². The van der Waals surface area contributed by atoms with Crippen molar-refractivity contribution in [1.82, 2.24) is 19.9 Å². The molecular weight excluding hydrogens is 420 g/mol. The van der Waals surface area contributed by atoms with Crippen molar-refractivity contribution in [3.05, 3.63) is 23.7 Å². The lowest BCUT2D eigenvalue weighted by atomic mass is 10.1. The van der Waals surface area contributed by atoms with Crippen LogP contribution in [0.5, 0.6) is 0 Å². The van der Waals surface area contributed by atoms with Crippen LogP contribution in [0.2, 0.25) is 0 Å². The van der Waals surface area contributed by atoms with Crippen molar-refractivity contribution >= 4 is 33.3 Å². The van der Waals surface area contributed by atoms with E-state index in [9.17, 15) is 5.11 Å². The molecule has 3 heterocycles. The molecule has 0 aliphatic heterocycles. The molecule has 6 rings (SSSR count). The zero-order valence-electron chi connectivity index (χ0n) is 18.5. The van der Waals surface area contributed by atoms with E-state index < -0.39 is 0 Å². The topological polar surface area (TPSA) is 95.9 Å². The van der Waals surface area contributed by atoms with Crippen molar-refractivity contribution in [1.29, 1.82) is 0 Å². The fourth-order valence-electron chi connectivity index (χ4n) is 4.69. The summed E-state index contributed by atoms with van der Waals surface area (Å²) in [5, 5.41) is 17.6. The highest BCUT2D eigenvalue weighted by Gasteiger charge is 2.28. The van der Waals surface area contributed by atoms with Gasteiger partial charge in [-0.3, -0.25) is 4.98 Å². The number of pyridine rings is 1. The van der Waals surface area contributed by atoms with Gasteiger partial charge in [0.25, 0.3) is 0 Å². The summed E-state index contributed by atoms with van der Waals surface area (Å²) >= 11 is 1.70. The molecular formula is C24H30N6OS. The van der Waals surface area contributed by atoms with Crippen molar-refractivity contribution < 1.29 is 5.11 Å². The molecule has 168 valence electrons. The van der Waals surface area contributed by atoms with Gasteiger partial charge in [-0.1, -0.05) is 0 Å². The number of hydrogen-bond acceptors (Lipinski definition) is 8. The van der Waals surface area contributed by atoms with E-state index in [1.807, 2.05) is 6.20 Å². The number of hydrogen-bond donors (Lipinski definition) is 3. The number of nitrogens with zero attached hydrogens (tertiary/aromatic N) is 4. The van der Waals surface area contributed by atoms with Crippen molar-refractivity contribution in [2.24, 2.45) is 11.8 Å². The molecule has 3 aromatic rings. The second kappa shape index (κ2) is 8.23. The van der Waals surface area contributed by atoms with Gasteiger partial charge in [-0.15, -0.1) is 11.3 Å². The van der Waals surface area contributed by atoms with Crippen LogP contribution in [-0.2, 0) is 0 Å². The van der Waals surface area contributed by atoms with Crippen molar-refractivity contribution in [3.63, 3.8) is 0 Å². The van der Waals surface area contributed by atoms with Gasteiger partial charge >= 0.3 is 0 Å². The Balaban J connectivity index is 1.35. The lowest BCUT2D eigenvalue weighted by Crippen LogP contribution is -2.19. The van der Waals surface area contributed by atoms with Crippen LogP contribution in [0.1, 0.15) is 62.3 Å². The maximum atomic E-state index is 9.57. The molecule has 3 aliphatic carbocycles. The molecule has 0 bridgehead atoms. The van der Waals surface area contributed by atoms with Gasteiger partial charge in [0.15, 0.2) is 0 Å². The molecule has 8 heteroatoms. The smallest absolute Gasteiger partial charge is 0.224 e. The van der Waals surface area contributed by atoms with E-state index in [-0.39, 0.29) is 6.61 Å². The minimum atomic E-state index is 0.260. The second-order valence-corrected chi connectivity index (χ2v) is 10.8. The fourth-order valence-corrected chi connectivity index (χ4v) is 5.77. The number of thiazole rings is 1. The van der Waals surface area contributed by atoms with Gasteiger partial charge in [0.05, 0.1) is 22.2 Å². The van der Waals surface area contributed by atoms with E-state index in [2.05, 4.69) is 28.6 Å². The van der Waals surface area contributed by atoms with Crippen LogP contribution in [0.15, 0.2) is 12.3 Å². The molecule has 0 aromatic carbocycles. The third-order valence-electron chi connectivity index (χ3n) is 6.98. The minimum absolute atomic E-state index is 0.260. The summed E-state index contributed by atoms with van der Waals surface area (Å²) in [6.07, 6.45) is 10.1. The first kappa shape index (κ1) is 20.3. The number of nitrogens with one attached hydrogen (secondary N) is 2. The molecule has 0 radical (unpaired) electrons. The lowest BCUT2D eigenvalue weighted by molar-refractivity contribution is 0.229. The summed E-state index contributed by atoms with van der Waals surface area (Å²) in [5.41, 5.74) is 4.06. The van der Waals surface area contributed by atoms with Crippen LogP contribution in [0.3, 0.4) is 0 Å². The van der Waals surface area contributed by atoms with E-state index in [1.165, 1.54) is 36.1 Å². The Labute approximate surface area is 192 Å². The molecule has 2 atom stereocenters. The summed E-state index contributed by atoms with van der Waals surface area (Å²) in [7, 11) is 0. The van der Waals surface area contributed by atoms with Gasteiger partial charge < -0.3 is 15.7 Å². The molecule has 0 saturated heterocycles. The summed E-state index contributed by atoms with van der Waals surface area (Å²) < 4.78 is 1.18. The molecule has 0 spiro atoms. The summed E-state index contributed by atoms with van der Waals surface area (Å²) in [6.45, 7) is 3.25. The van der Waals surface area contributed by atoms with Gasteiger partial charge in [-0.2, -0.15) is 4.98 Å². The largest absolute Gasteiger partial charge is 0.396 e. The van der Waals surface area contributed by atoms with Crippen LogP contribution in [0, 0.1) is 18.8 Å². The van der Waals surface area contributed by atoms with Crippen molar-refractivity contribution in [2.75, 3.05) is 23.8 Å². The van der Waals surface area contributed by atoms with Gasteiger partial charge in [0.1, 0.15) is 16.3 Å². The Bertz CT molecular complexity index is 1140. The quantitative estimate of drug-likeness (QED) is 0.457. The highest BCUT2D eigenvalue weighted by atomic mass is 32.1. The average molecular weight is 451 g/mol. The Morgan fingerprint density at radius 1 is 1.06 bits per heavy atom. The van der Waals surface area contributed by atoms with E-state index in [0.717, 1.165) is 59.3 Å². The van der Waals surface area contributed by atoms with Crippen LogP contribution in [-0.4, -0.2) is 44.2 Å². The molecule has 3 aliphatic rings. The zero-order chi connectivity index (χ0) is 21.7. The van der Waals surface area contributed by atoms with Gasteiger partial charge in [0.2, 0.25) is 5.95 Å². The number of rotatable bonds is 8. The van der Waals surface area contributed by atoms with E-state index >= 15 is 0 Å². The molecule has 0 unspecified atom stereocenters. The third kappa shape index (κ3) is 4.18. The number of aryl methyl sites for hydroxylation is 1. The first-order valence-corrected chi connectivity index (χ1v) is 12.7. The Hall–Kier alpha value is -2.32. The van der Waals surface area contributed by atoms with Crippen LogP contribution < -0.4 is 10.6 Å². The second-order valence-electron chi connectivity index (χ2n) is 9.75. The molecule has 3 fully saturated rings. The zero-order valence-corrected chi connectivity index (χ0v) is 19.3. The number of anilines is 2. The molecule has 7 nitrogen and oxygen atoms in total. The average Bonchev–Trinajstić information content (AvgIpc) is 3.71. The summed E-state index contributed by atoms with van der Waals surface area (Å²) in [4.78, 5) is 19.3. The first-order chi connectivity index (χ1) is 15.7. The SMILES string of the molecule is Cc1nc(NCC2CC2)nc(N[C@H]2CC[C@@H](CO)C2)c1-c1nc2cnc(C3CC3)cc2s1. The molecule has 32 heavy (non-hydrogen) atoms. The Morgan fingerprint density at radius 3 is 2.66 bits per heavy atom. The van der Waals surface area contributed by atoms with E-state index in [0.29, 0.717) is 23.8 Å². The minimum Gasteiger partial charge on any atom is -0.396 e. The van der Waals surface area contributed by atoms with Gasteiger partial charge in [0, 0.05) is 30.8 Å². The van der Waals surface area contributed by atoms with Crippen LogP contribution >= 0.6 is 11.3 Å². The predicted molar refractivity (Wildman–Crippen MR) is 128 cm³/mol. The molecule has 3 N–H and O–H groups in total. The van der Waals surface area contributed by atoms with Gasteiger partial charge in [-0.25, -0.2) is 9.97 Å². The van der Waals surface area contributed by atoms with Crippen LogP contribution in [0.4, 0.5) is 11.8 Å². The molecule has 3 saturated carbocycles. The van der Waals surface area contributed by atoms with E-state index in [4.69, 9.17) is 15.0 Å². The van der Waals surface area contributed by atoms with Crippen molar-refractivity contribution in [3.8, 4) is 10.6 Å². The number of aromatic nitrogens is 4. The normalized spacial score (nSPS) is 23.1. The number of fused-ring (bicyclic) bond motifs is 1. The van der Waals surface area contributed by atoms with Gasteiger partial charge in [-0.05, 0) is 69.8 Å². The summed E-state index contributed by atoms with van der Waals surface area (Å²) in [6, 6.07) is 2.53. The molecule has 0 amide bonds. The highest BCUT2D eigenvalue weighted by Crippen LogP contribution is 2.42. The summed E-state index contributed by atoms with van der Waals surface area (Å²) in [5.74, 6) is 3.31. The number of aliphatic hydroxyl groups excluding tert-OH is 1. The Kier molecular flexibility index (Phi) is 5.22. The maximum Gasteiger partial charge on any atom is 0.224 e. The number of aliphatic hydroxyl groups is 1. The van der Waals surface area contributed by atoms with E-state index in [1.54, 1.807) is 11.3 Å². The fraction of sp³-hybridized carbons (Fsp3) is 0.583. The maximum absolute atomic E-state index is 9.57. The predicted octanol–water partition coefficient (Wildman–Crippen LogP) is 4.73. The Morgan fingerprint density at radius 2 is 1.91 bits per heavy atom.